The Morgan fingerprint density at radius 1 is 1.16 bits per heavy atom. The van der Waals surface area contributed by atoms with Gasteiger partial charge in [0.25, 0.3) is 5.91 Å². The highest BCUT2D eigenvalue weighted by Crippen LogP contribution is 2.38. The van der Waals surface area contributed by atoms with Gasteiger partial charge in [0.1, 0.15) is 47.3 Å². The van der Waals surface area contributed by atoms with Crippen LogP contribution in [0.25, 0.3) is 11.3 Å². The molecule has 11 heteroatoms. The van der Waals surface area contributed by atoms with Crippen molar-refractivity contribution in [2.24, 2.45) is 11.7 Å². The third kappa shape index (κ3) is 6.29. The number of carbonyl (C=O) groups excluding carboxylic acids is 1. The van der Waals surface area contributed by atoms with Gasteiger partial charge >= 0.3 is 0 Å². The van der Waals surface area contributed by atoms with Crippen LogP contribution in [0.15, 0.2) is 42.7 Å². The maximum absolute atomic E-state index is 14.8. The summed E-state index contributed by atoms with van der Waals surface area (Å²) in [5.74, 6) is -3.83. The van der Waals surface area contributed by atoms with Crippen LogP contribution in [0.5, 0.6) is 5.75 Å². The number of nitrogens with zero attached hydrogens (tertiary/aromatic N) is 2. The van der Waals surface area contributed by atoms with Crippen molar-refractivity contribution in [2.75, 3.05) is 18.5 Å². The molecule has 0 saturated heterocycles. The van der Waals surface area contributed by atoms with E-state index in [1.807, 2.05) is 6.07 Å². The number of hydrogen-bond donors (Lipinski definition) is 4. The van der Waals surface area contributed by atoms with E-state index in [-0.39, 0.29) is 23.4 Å². The smallest absolute Gasteiger partial charge is 0.274 e. The van der Waals surface area contributed by atoms with E-state index in [9.17, 15) is 23.1 Å². The molecule has 0 bridgehead atoms. The second-order valence-electron chi connectivity index (χ2n) is 9.62. The topological polar surface area (TPSA) is 131 Å². The molecule has 4 atom stereocenters. The summed E-state index contributed by atoms with van der Waals surface area (Å²) in [6, 6.07) is 5.49. The van der Waals surface area contributed by atoms with Crippen molar-refractivity contribution in [1.29, 1.82) is 0 Å². The molecule has 5 N–H and O–H groups in total. The van der Waals surface area contributed by atoms with Crippen LogP contribution >= 0.6 is 0 Å². The number of aliphatic hydroxyl groups is 2. The molecule has 0 radical (unpaired) electrons. The minimum atomic E-state index is -1.24. The third-order valence-electron chi connectivity index (χ3n) is 6.51. The van der Waals surface area contributed by atoms with Gasteiger partial charge in [0, 0.05) is 24.4 Å². The average molecular weight is 531 g/mol. The molecule has 1 fully saturated rings. The van der Waals surface area contributed by atoms with Crippen LogP contribution < -0.4 is 15.8 Å². The van der Waals surface area contributed by atoms with E-state index in [4.69, 9.17) is 15.6 Å². The van der Waals surface area contributed by atoms with Crippen molar-refractivity contribution in [2.45, 2.75) is 44.2 Å². The molecule has 0 aliphatic heterocycles. The van der Waals surface area contributed by atoms with Crippen molar-refractivity contribution in [3.8, 4) is 17.0 Å². The fourth-order valence-corrected chi connectivity index (χ4v) is 4.81. The van der Waals surface area contributed by atoms with Crippen LogP contribution in [0.1, 0.15) is 48.2 Å². The first-order valence-corrected chi connectivity index (χ1v) is 12.2. The number of carbonyl (C=O) groups is 1. The van der Waals surface area contributed by atoms with E-state index in [1.54, 1.807) is 6.20 Å². The van der Waals surface area contributed by atoms with Crippen LogP contribution in [0.2, 0.25) is 0 Å². The van der Waals surface area contributed by atoms with Gasteiger partial charge in [0.15, 0.2) is 0 Å². The fourth-order valence-electron chi connectivity index (χ4n) is 4.81. The van der Waals surface area contributed by atoms with Gasteiger partial charge in [0.2, 0.25) is 0 Å². The Balaban J connectivity index is 1.59. The molecule has 38 heavy (non-hydrogen) atoms. The van der Waals surface area contributed by atoms with Gasteiger partial charge in [-0.15, -0.1) is 0 Å². The van der Waals surface area contributed by atoms with Crippen LogP contribution in [-0.4, -0.2) is 51.4 Å². The van der Waals surface area contributed by atoms with E-state index < -0.39 is 53.9 Å². The number of nitrogens with two attached hydrogens (primary N) is 1. The highest BCUT2D eigenvalue weighted by molar-refractivity contribution is 6.03. The summed E-state index contributed by atoms with van der Waals surface area (Å²) in [5.41, 5.74) is 5.82. The second kappa shape index (κ2) is 11.9. The monoisotopic (exact) mass is 530 g/mol. The highest BCUT2D eigenvalue weighted by Gasteiger charge is 2.28. The summed E-state index contributed by atoms with van der Waals surface area (Å²) in [4.78, 5) is 21.1. The fraction of sp³-hybridized carbons (Fsp3) is 0.370. The quantitative estimate of drug-likeness (QED) is 0.349. The Bertz CT molecular complexity index is 1280. The zero-order valence-corrected chi connectivity index (χ0v) is 20.7. The van der Waals surface area contributed by atoms with Gasteiger partial charge in [-0.3, -0.25) is 9.78 Å². The lowest BCUT2D eigenvalue weighted by molar-refractivity contribution is 0.0534. The number of aromatic nitrogens is 2. The zero-order valence-electron chi connectivity index (χ0n) is 20.7. The number of amides is 1. The second-order valence-corrected chi connectivity index (χ2v) is 9.62. The lowest BCUT2D eigenvalue weighted by Crippen LogP contribution is -2.31. The van der Waals surface area contributed by atoms with Crippen LogP contribution in [0, 0.1) is 23.4 Å². The van der Waals surface area contributed by atoms with Gasteiger partial charge < -0.3 is 26.0 Å². The van der Waals surface area contributed by atoms with Gasteiger partial charge in [0.05, 0.1) is 24.1 Å². The van der Waals surface area contributed by atoms with E-state index in [1.165, 1.54) is 6.20 Å². The Kier molecular flexibility index (Phi) is 8.60. The number of halogens is 3. The van der Waals surface area contributed by atoms with E-state index in [0.29, 0.717) is 11.6 Å². The molecule has 1 aromatic carbocycles. The van der Waals surface area contributed by atoms with E-state index >= 15 is 0 Å². The Hall–Kier alpha value is -3.54. The Morgan fingerprint density at radius 3 is 2.58 bits per heavy atom. The molecule has 2 heterocycles. The standard InChI is InChI=1S/C27H29F3N4O4/c1-14-6-15(8-16(31)7-14)19-4-5-32-11-24(19)34-27(37)23-3-2-20(28)26(33-23)25-21(29)9-18(10-22(25)30)38-13-17(36)12-35/h2-5,9-11,14-17,35-36H,6-8,12-13,31H2,1H3,(H,34,37)/t14-,15+,16-,17?/m0/s1. The number of ether oxygens (including phenoxy) is 1. The molecule has 0 spiro atoms. The first-order valence-electron chi connectivity index (χ1n) is 12.2. The number of hydrogen-bond acceptors (Lipinski definition) is 7. The molecule has 1 aliphatic carbocycles. The number of rotatable bonds is 8. The van der Waals surface area contributed by atoms with Gasteiger partial charge in [-0.2, -0.15) is 0 Å². The molecule has 1 aliphatic rings. The largest absolute Gasteiger partial charge is 0.491 e. The molecule has 4 rings (SSSR count). The van der Waals surface area contributed by atoms with Crippen molar-refractivity contribution in [1.82, 2.24) is 9.97 Å². The molecule has 3 aromatic rings. The molecular weight excluding hydrogens is 501 g/mol. The third-order valence-corrected chi connectivity index (χ3v) is 6.51. The average Bonchev–Trinajstić information content (AvgIpc) is 2.87. The molecule has 1 saturated carbocycles. The van der Waals surface area contributed by atoms with E-state index in [2.05, 4.69) is 22.2 Å². The van der Waals surface area contributed by atoms with E-state index in [0.717, 1.165) is 49.1 Å². The summed E-state index contributed by atoms with van der Waals surface area (Å²) in [7, 11) is 0. The molecule has 1 amide bonds. The predicted molar refractivity (Wildman–Crippen MR) is 134 cm³/mol. The zero-order chi connectivity index (χ0) is 27.4. The number of pyridine rings is 2. The van der Waals surface area contributed by atoms with Crippen LogP contribution in [-0.2, 0) is 0 Å². The minimum Gasteiger partial charge on any atom is -0.491 e. The summed E-state index contributed by atoms with van der Waals surface area (Å²) >= 11 is 0. The predicted octanol–water partition coefficient (Wildman–Crippen LogP) is 3.78. The number of anilines is 1. The van der Waals surface area contributed by atoms with Crippen molar-refractivity contribution in [3.63, 3.8) is 0 Å². The highest BCUT2D eigenvalue weighted by atomic mass is 19.1. The lowest BCUT2D eigenvalue weighted by atomic mass is 9.76. The van der Waals surface area contributed by atoms with Crippen molar-refractivity contribution in [3.05, 3.63) is 71.4 Å². The lowest BCUT2D eigenvalue weighted by Gasteiger charge is -2.32. The molecular formula is C27H29F3N4O4. The summed E-state index contributed by atoms with van der Waals surface area (Å²) in [5, 5.41) is 20.9. The Labute approximate surface area is 217 Å². The summed E-state index contributed by atoms with van der Waals surface area (Å²) in [6.45, 7) is 1.13. The Morgan fingerprint density at radius 2 is 1.89 bits per heavy atom. The van der Waals surface area contributed by atoms with Crippen LogP contribution in [0.4, 0.5) is 18.9 Å². The van der Waals surface area contributed by atoms with Gasteiger partial charge in [-0.25, -0.2) is 18.2 Å². The van der Waals surface area contributed by atoms with Crippen LogP contribution in [0.3, 0.4) is 0 Å². The number of aliphatic hydroxyl groups excluding tert-OH is 2. The SMILES string of the molecule is C[C@@H]1C[C@H](N)C[C@H](c2ccncc2NC(=O)c2ccc(F)c(-c3c(F)cc(OCC(O)CO)cc3F)n2)C1. The minimum absolute atomic E-state index is 0.0446. The first kappa shape index (κ1) is 27.5. The normalized spacial score (nSPS) is 20.1. The van der Waals surface area contributed by atoms with Crippen molar-refractivity contribution < 1.29 is 32.9 Å². The van der Waals surface area contributed by atoms with Gasteiger partial charge in [-0.05, 0) is 54.9 Å². The van der Waals surface area contributed by atoms with Crippen molar-refractivity contribution >= 4 is 11.6 Å². The molecule has 202 valence electrons. The molecule has 2 aromatic heterocycles. The summed E-state index contributed by atoms with van der Waals surface area (Å²) in [6.07, 6.45) is 4.48. The first-order chi connectivity index (χ1) is 18.2. The number of nitrogens with one attached hydrogen (secondary N) is 1. The maximum atomic E-state index is 14.8. The summed E-state index contributed by atoms with van der Waals surface area (Å²) < 4.78 is 49.4. The molecule has 1 unspecified atom stereocenters. The number of benzene rings is 1. The molecule has 8 nitrogen and oxygen atoms in total. The van der Waals surface area contributed by atoms with Gasteiger partial charge in [-0.1, -0.05) is 6.92 Å². The maximum Gasteiger partial charge on any atom is 0.274 e.